The molecule has 98 valence electrons. The van der Waals surface area contributed by atoms with Gasteiger partial charge < -0.3 is 10.2 Å². The number of rotatable bonds is 3. The molecule has 0 radical (unpaired) electrons. The molecule has 2 rings (SSSR count). The van der Waals surface area contributed by atoms with Gasteiger partial charge in [0.1, 0.15) is 5.82 Å². The third kappa shape index (κ3) is 2.70. The van der Waals surface area contributed by atoms with E-state index in [2.05, 4.69) is 19.2 Å². The molecule has 0 saturated carbocycles. The summed E-state index contributed by atoms with van der Waals surface area (Å²) in [5, 5.41) is 3.36. The van der Waals surface area contributed by atoms with Crippen LogP contribution in [0.5, 0.6) is 0 Å². The fraction of sp³-hybridized carbons (Fsp3) is 0.500. The van der Waals surface area contributed by atoms with Crippen molar-refractivity contribution in [2.75, 3.05) is 11.4 Å². The molecule has 18 heavy (non-hydrogen) atoms. The normalized spacial score (nSPS) is 19.9. The van der Waals surface area contributed by atoms with Crippen LogP contribution in [0.1, 0.15) is 25.8 Å². The van der Waals surface area contributed by atoms with Crippen LogP contribution in [0.3, 0.4) is 0 Å². The predicted molar refractivity (Wildman–Crippen MR) is 70.2 cm³/mol. The maximum absolute atomic E-state index is 13.2. The third-order valence-electron chi connectivity index (χ3n) is 3.15. The van der Waals surface area contributed by atoms with Crippen molar-refractivity contribution >= 4 is 11.6 Å². The maximum atomic E-state index is 13.2. The molecule has 3 nitrogen and oxygen atoms in total. The fourth-order valence-corrected chi connectivity index (χ4v) is 2.34. The molecule has 0 aromatic heterocycles. The minimum Gasteiger partial charge on any atom is -0.311 e. The Kier molecular flexibility index (Phi) is 3.66. The van der Waals surface area contributed by atoms with Crippen LogP contribution in [0.25, 0.3) is 0 Å². The zero-order valence-electron chi connectivity index (χ0n) is 11.0. The van der Waals surface area contributed by atoms with Crippen LogP contribution in [0.15, 0.2) is 18.2 Å². The van der Waals surface area contributed by atoms with Gasteiger partial charge in [-0.1, -0.05) is 13.8 Å². The van der Waals surface area contributed by atoms with Gasteiger partial charge in [-0.05, 0) is 30.7 Å². The van der Waals surface area contributed by atoms with Crippen molar-refractivity contribution < 1.29 is 9.18 Å². The van der Waals surface area contributed by atoms with Crippen LogP contribution >= 0.6 is 0 Å². The number of hydrogen-bond acceptors (Lipinski definition) is 2. The lowest BCUT2D eigenvalue weighted by molar-refractivity contribution is -0.117. The highest BCUT2D eigenvalue weighted by atomic mass is 19.1. The molecular formula is C14H19FN2O. The average Bonchev–Trinajstić information content (AvgIpc) is 2.62. The molecule has 0 spiro atoms. The number of halogens is 1. The van der Waals surface area contributed by atoms with E-state index in [9.17, 15) is 9.18 Å². The molecule has 1 fully saturated rings. The predicted octanol–water partition coefficient (Wildman–Crippen LogP) is 2.24. The van der Waals surface area contributed by atoms with E-state index in [1.54, 1.807) is 24.0 Å². The summed E-state index contributed by atoms with van der Waals surface area (Å²) in [5.74, 6) is -0.138. The van der Waals surface area contributed by atoms with E-state index in [-0.39, 0.29) is 17.8 Å². The lowest BCUT2D eigenvalue weighted by Crippen LogP contribution is -2.37. The Morgan fingerprint density at radius 3 is 2.78 bits per heavy atom. The van der Waals surface area contributed by atoms with Gasteiger partial charge in [0.25, 0.3) is 0 Å². The number of anilines is 1. The molecule has 4 heteroatoms. The van der Waals surface area contributed by atoms with Crippen LogP contribution in [0.2, 0.25) is 0 Å². The van der Waals surface area contributed by atoms with Crippen LogP contribution in [0, 0.1) is 12.7 Å². The largest absolute Gasteiger partial charge is 0.311 e. The number of nitrogens with one attached hydrogen (secondary N) is 1. The first-order chi connectivity index (χ1) is 8.47. The monoisotopic (exact) mass is 250 g/mol. The molecule has 1 unspecified atom stereocenters. The fourth-order valence-electron chi connectivity index (χ4n) is 2.34. The van der Waals surface area contributed by atoms with Crippen LogP contribution in [0.4, 0.5) is 10.1 Å². The molecular weight excluding hydrogens is 231 g/mol. The lowest BCUT2D eigenvalue weighted by Gasteiger charge is -2.19. The molecule has 1 aromatic carbocycles. The van der Waals surface area contributed by atoms with Crippen LogP contribution in [-0.4, -0.2) is 24.5 Å². The zero-order chi connectivity index (χ0) is 13.3. The van der Waals surface area contributed by atoms with Crippen LogP contribution < -0.4 is 10.2 Å². The Bertz CT molecular complexity index is 459. The third-order valence-corrected chi connectivity index (χ3v) is 3.15. The number of benzene rings is 1. The van der Waals surface area contributed by atoms with Gasteiger partial charge in [-0.15, -0.1) is 0 Å². The lowest BCUT2D eigenvalue weighted by atomic mass is 10.2. The molecule has 1 saturated heterocycles. The highest BCUT2D eigenvalue weighted by Crippen LogP contribution is 2.23. The van der Waals surface area contributed by atoms with Crippen molar-refractivity contribution in [1.82, 2.24) is 5.32 Å². The second-order valence-corrected chi connectivity index (χ2v) is 5.16. The summed E-state index contributed by atoms with van der Waals surface area (Å²) >= 11 is 0. The Morgan fingerprint density at radius 1 is 1.44 bits per heavy atom. The standard InChI is InChI=1S/C14H19FN2O/c1-9(2)16-11-7-14(18)17(8-11)12-4-5-13(15)10(3)6-12/h4-6,9,11,16H,7-8H2,1-3H3. The van der Waals surface area contributed by atoms with Crippen LogP contribution in [-0.2, 0) is 4.79 Å². The summed E-state index contributed by atoms with van der Waals surface area (Å²) in [5.41, 5.74) is 1.35. The maximum Gasteiger partial charge on any atom is 0.228 e. The van der Waals surface area contributed by atoms with E-state index < -0.39 is 0 Å². The number of carbonyl (C=O) groups is 1. The number of hydrogen-bond donors (Lipinski definition) is 1. The van der Waals surface area contributed by atoms with E-state index >= 15 is 0 Å². The first-order valence-corrected chi connectivity index (χ1v) is 6.30. The molecule has 1 aliphatic rings. The highest BCUT2D eigenvalue weighted by molar-refractivity contribution is 5.96. The SMILES string of the molecule is Cc1cc(N2CC(NC(C)C)CC2=O)ccc1F. The number of amides is 1. The van der Waals surface area contributed by atoms with Gasteiger partial charge in [-0.2, -0.15) is 0 Å². The summed E-state index contributed by atoms with van der Waals surface area (Å²) in [6, 6.07) is 5.35. The zero-order valence-corrected chi connectivity index (χ0v) is 11.0. The quantitative estimate of drug-likeness (QED) is 0.892. The van der Waals surface area contributed by atoms with E-state index in [1.807, 2.05) is 0 Å². The van der Waals surface area contributed by atoms with Gasteiger partial charge in [-0.25, -0.2) is 4.39 Å². The number of carbonyl (C=O) groups excluding carboxylic acids is 1. The van der Waals surface area contributed by atoms with E-state index in [0.29, 0.717) is 24.6 Å². The first-order valence-electron chi connectivity index (χ1n) is 6.30. The molecule has 1 aliphatic heterocycles. The van der Waals surface area contributed by atoms with Crippen molar-refractivity contribution in [2.24, 2.45) is 0 Å². The summed E-state index contributed by atoms with van der Waals surface area (Å²) in [6.45, 7) is 6.50. The summed E-state index contributed by atoms with van der Waals surface area (Å²) in [4.78, 5) is 13.7. The van der Waals surface area contributed by atoms with Gasteiger partial charge in [0.15, 0.2) is 0 Å². The molecule has 1 amide bonds. The molecule has 1 heterocycles. The molecule has 1 N–H and O–H groups in total. The number of aryl methyl sites for hydroxylation is 1. The summed E-state index contributed by atoms with van der Waals surface area (Å²) < 4.78 is 13.2. The first kappa shape index (κ1) is 13.0. The molecule has 1 aromatic rings. The summed E-state index contributed by atoms with van der Waals surface area (Å²) in [6.07, 6.45) is 0.509. The van der Waals surface area contributed by atoms with Crippen molar-refractivity contribution in [3.05, 3.63) is 29.6 Å². The molecule has 0 aliphatic carbocycles. The Labute approximate surface area is 107 Å². The van der Waals surface area contributed by atoms with Crippen molar-refractivity contribution in [2.45, 2.75) is 39.3 Å². The second-order valence-electron chi connectivity index (χ2n) is 5.16. The van der Waals surface area contributed by atoms with Gasteiger partial charge in [0, 0.05) is 30.7 Å². The molecule has 0 bridgehead atoms. The highest BCUT2D eigenvalue weighted by Gasteiger charge is 2.30. The van der Waals surface area contributed by atoms with Gasteiger partial charge in [-0.3, -0.25) is 4.79 Å². The van der Waals surface area contributed by atoms with Crippen molar-refractivity contribution in [1.29, 1.82) is 0 Å². The van der Waals surface area contributed by atoms with Gasteiger partial charge in [0.2, 0.25) is 5.91 Å². The Morgan fingerprint density at radius 2 is 2.17 bits per heavy atom. The van der Waals surface area contributed by atoms with E-state index in [1.165, 1.54) is 6.07 Å². The molecule has 1 atom stereocenters. The van der Waals surface area contributed by atoms with Gasteiger partial charge >= 0.3 is 0 Å². The average molecular weight is 250 g/mol. The van der Waals surface area contributed by atoms with E-state index in [4.69, 9.17) is 0 Å². The smallest absolute Gasteiger partial charge is 0.228 e. The minimum absolute atomic E-state index is 0.0964. The summed E-state index contributed by atoms with van der Waals surface area (Å²) in [7, 11) is 0. The van der Waals surface area contributed by atoms with E-state index in [0.717, 1.165) is 5.69 Å². The topological polar surface area (TPSA) is 32.3 Å². The second kappa shape index (κ2) is 5.06. The Hall–Kier alpha value is -1.42. The van der Waals surface area contributed by atoms with Crippen molar-refractivity contribution in [3.8, 4) is 0 Å². The minimum atomic E-state index is -0.234. The van der Waals surface area contributed by atoms with Gasteiger partial charge in [0.05, 0.1) is 0 Å². The van der Waals surface area contributed by atoms with Crippen molar-refractivity contribution in [3.63, 3.8) is 0 Å². The Balaban J connectivity index is 2.14. The number of nitrogens with zero attached hydrogens (tertiary/aromatic N) is 1.